The number of nitrogens with one attached hydrogen (secondary N) is 1. The first-order chi connectivity index (χ1) is 11.3. The molecule has 1 fully saturated rings. The van der Waals surface area contributed by atoms with Gasteiger partial charge in [0.15, 0.2) is 0 Å². The van der Waals surface area contributed by atoms with Gasteiger partial charge in [0.2, 0.25) is 0 Å². The maximum atomic E-state index is 10.7. The van der Waals surface area contributed by atoms with Crippen molar-refractivity contribution < 1.29 is 24.7 Å². The number of carboxylic acids is 1. The van der Waals surface area contributed by atoms with E-state index in [1.807, 2.05) is 44.2 Å². The molecule has 1 saturated heterocycles. The van der Waals surface area contributed by atoms with Crippen LogP contribution in [0.4, 0.5) is 0 Å². The molecule has 1 aromatic rings. The summed E-state index contributed by atoms with van der Waals surface area (Å²) >= 11 is 0. The Morgan fingerprint density at radius 1 is 1.38 bits per heavy atom. The Morgan fingerprint density at radius 2 is 2.00 bits per heavy atom. The summed E-state index contributed by atoms with van der Waals surface area (Å²) in [7, 11) is -1.37. The number of rotatable bonds is 6. The molecule has 1 heterocycles. The van der Waals surface area contributed by atoms with Crippen LogP contribution in [0.3, 0.4) is 0 Å². The Hall–Kier alpha value is -1.61. The Kier molecular flexibility index (Phi) is 8.77. The van der Waals surface area contributed by atoms with E-state index in [2.05, 4.69) is 5.32 Å². The number of carbonyl (C=O) groups is 1. The minimum atomic E-state index is -1.37. The fourth-order valence-corrected chi connectivity index (χ4v) is 2.34. The van der Waals surface area contributed by atoms with Gasteiger partial charge in [-0.2, -0.15) is 0 Å². The standard InChI is InChI=1S/C11H13NO3.C5H14BNO2/c13-11(14)10-6-9(7-12-10)15-8-4-2-1-3-5-8;1-4(2)3-5(7)6(8)9/h1-5,9-10,12H,6-7H2,(H,13,14);4-5,8-9H,3,7H2,1-2H3/t9-,10+;5-/m10/s1. The van der Waals surface area contributed by atoms with Gasteiger partial charge in [-0.3, -0.25) is 4.79 Å². The highest BCUT2D eigenvalue weighted by molar-refractivity contribution is 6.43. The highest BCUT2D eigenvalue weighted by atomic mass is 16.5. The lowest BCUT2D eigenvalue weighted by Gasteiger charge is -2.11. The van der Waals surface area contributed by atoms with Crippen LogP contribution >= 0.6 is 0 Å². The van der Waals surface area contributed by atoms with Crippen molar-refractivity contribution in [3.05, 3.63) is 30.3 Å². The monoisotopic (exact) mass is 338 g/mol. The average Bonchev–Trinajstić information content (AvgIpc) is 2.97. The van der Waals surface area contributed by atoms with Gasteiger partial charge in [-0.25, -0.2) is 0 Å². The number of carboxylic acid groups (broad SMARTS) is 1. The summed E-state index contributed by atoms with van der Waals surface area (Å²) in [4.78, 5) is 10.7. The Bertz CT molecular complexity index is 487. The lowest BCUT2D eigenvalue weighted by Crippen LogP contribution is -2.39. The first-order valence-electron chi connectivity index (χ1n) is 8.09. The van der Waals surface area contributed by atoms with Gasteiger partial charge in [0, 0.05) is 18.9 Å². The minimum Gasteiger partial charge on any atom is -0.489 e. The average molecular weight is 338 g/mol. The van der Waals surface area contributed by atoms with Crippen LogP contribution in [0.5, 0.6) is 5.75 Å². The van der Waals surface area contributed by atoms with Crippen molar-refractivity contribution in [1.82, 2.24) is 5.32 Å². The molecular weight excluding hydrogens is 311 g/mol. The quantitative estimate of drug-likeness (QED) is 0.471. The smallest absolute Gasteiger partial charge is 0.469 e. The molecule has 1 aromatic carbocycles. The third-order valence-electron chi connectivity index (χ3n) is 3.56. The number of benzene rings is 1. The fourth-order valence-electron chi connectivity index (χ4n) is 2.34. The molecule has 2 rings (SSSR count). The van der Waals surface area contributed by atoms with E-state index in [9.17, 15) is 4.79 Å². The first-order valence-corrected chi connectivity index (χ1v) is 8.09. The maximum absolute atomic E-state index is 10.7. The largest absolute Gasteiger partial charge is 0.489 e. The van der Waals surface area contributed by atoms with Crippen molar-refractivity contribution in [1.29, 1.82) is 0 Å². The lowest BCUT2D eigenvalue weighted by atomic mass is 9.76. The van der Waals surface area contributed by atoms with Crippen LogP contribution in [0.2, 0.25) is 0 Å². The topological polar surface area (TPSA) is 125 Å². The zero-order chi connectivity index (χ0) is 18.1. The molecular formula is C16H27BN2O5. The van der Waals surface area contributed by atoms with Gasteiger partial charge in [0.1, 0.15) is 17.9 Å². The third-order valence-corrected chi connectivity index (χ3v) is 3.56. The Balaban J connectivity index is 0.000000277. The second-order valence-electron chi connectivity index (χ2n) is 6.29. The summed E-state index contributed by atoms with van der Waals surface area (Å²) in [6.45, 7) is 4.57. The first kappa shape index (κ1) is 20.4. The zero-order valence-corrected chi connectivity index (χ0v) is 14.1. The van der Waals surface area contributed by atoms with Crippen LogP contribution in [-0.2, 0) is 4.79 Å². The molecule has 0 spiro atoms. The van der Waals surface area contributed by atoms with E-state index in [0.717, 1.165) is 5.75 Å². The van der Waals surface area contributed by atoms with Gasteiger partial charge in [-0.1, -0.05) is 32.0 Å². The maximum Gasteiger partial charge on any atom is 0.469 e. The highest BCUT2D eigenvalue weighted by Crippen LogP contribution is 2.16. The molecule has 0 aromatic heterocycles. The number of hydrogen-bond acceptors (Lipinski definition) is 6. The summed E-state index contributed by atoms with van der Waals surface area (Å²) in [5, 5.41) is 28.7. The van der Waals surface area contributed by atoms with Crippen LogP contribution in [0.1, 0.15) is 26.7 Å². The van der Waals surface area contributed by atoms with Gasteiger partial charge in [-0.05, 0) is 24.5 Å². The van der Waals surface area contributed by atoms with Gasteiger partial charge in [0.05, 0.1) is 0 Å². The third kappa shape index (κ3) is 7.78. The molecule has 6 N–H and O–H groups in total. The van der Waals surface area contributed by atoms with E-state index in [0.29, 0.717) is 25.3 Å². The predicted molar refractivity (Wildman–Crippen MR) is 92.5 cm³/mol. The summed E-state index contributed by atoms with van der Waals surface area (Å²) in [6.07, 6.45) is 1.12. The van der Waals surface area contributed by atoms with Gasteiger partial charge in [-0.15, -0.1) is 0 Å². The van der Waals surface area contributed by atoms with Gasteiger partial charge < -0.3 is 30.9 Å². The molecule has 1 aliphatic rings. The van der Waals surface area contributed by atoms with Crippen molar-refractivity contribution in [2.75, 3.05) is 6.54 Å². The van der Waals surface area contributed by atoms with E-state index in [1.54, 1.807) is 0 Å². The molecule has 3 atom stereocenters. The molecule has 8 heteroatoms. The predicted octanol–water partition coefficient (Wildman–Crippen LogP) is 0.252. The second kappa shape index (κ2) is 10.3. The number of nitrogens with two attached hydrogens (primary N) is 1. The van der Waals surface area contributed by atoms with Crippen molar-refractivity contribution >= 4 is 13.1 Å². The molecule has 0 saturated carbocycles. The molecule has 0 aliphatic carbocycles. The summed E-state index contributed by atoms with van der Waals surface area (Å²) < 4.78 is 5.63. The number of ether oxygens (including phenoxy) is 1. The summed E-state index contributed by atoms with van der Waals surface area (Å²) in [6, 6.07) is 8.97. The molecule has 0 unspecified atom stereocenters. The van der Waals surface area contributed by atoms with Crippen LogP contribution in [0.15, 0.2) is 30.3 Å². The van der Waals surface area contributed by atoms with Gasteiger partial charge >= 0.3 is 13.1 Å². The van der Waals surface area contributed by atoms with E-state index in [1.165, 1.54) is 0 Å². The number of aliphatic carboxylic acids is 1. The van der Waals surface area contributed by atoms with Crippen molar-refractivity contribution in [2.24, 2.45) is 11.7 Å². The van der Waals surface area contributed by atoms with E-state index in [4.69, 9.17) is 25.6 Å². The van der Waals surface area contributed by atoms with Gasteiger partial charge in [0.25, 0.3) is 0 Å². The summed E-state index contributed by atoms with van der Waals surface area (Å²) in [5.74, 6) is -0.101. The van der Waals surface area contributed by atoms with Crippen molar-refractivity contribution in [2.45, 2.75) is 44.8 Å². The molecule has 0 bridgehead atoms. The molecule has 24 heavy (non-hydrogen) atoms. The minimum absolute atomic E-state index is 0.0477. The molecule has 0 radical (unpaired) electrons. The molecule has 0 amide bonds. The van der Waals surface area contributed by atoms with E-state index >= 15 is 0 Å². The fraction of sp³-hybridized carbons (Fsp3) is 0.562. The van der Waals surface area contributed by atoms with Crippen LogP contribution < -0.4 is 15.8 Å². The molecule has 7 nitrogen and oxygen atoms in total. The lowest BCUT2D eigenvalue weighted by molar-refractivity contribution is -0.139. The van der Waals surface area contributed by atoms with Crippen molar-refractivity contribution in [3.8, 4) is 5.75 Å². The normalized spacial score (nSPS) is 20.9. The summed E-state index contributed by atoms with van der Waals surface area (Å²) in [5.41, 5.74) is 5.32. The van der Waals surface area contributed by atoms with Crippen LogP contribution in [0, 0.1) is 5.92 Å². The van der Waals surface area contributed by atoms with Crippen molar-refractivity contribution in [3.63, 3.8) is 0 Å². The van der Waals surface area contributed by atoms with E-state index < -0.39 is 25.1 Å². The number of para-hydroxylation sites is 1. The highest BCUT2D eigenvalue weighted by Gasteiger charge is 2.30. The zero-order valence-electron chi connectivity index (χ0n) is 14.1. The van der Waals surface area contributed by atoms with Crippen LogP contribution in [0.25, 0.3) is 0 Å². The molecule has 134 valence electrons. The van der Waals surface area contributed by atoms with E-state index in [-0.39, 0.29) is 6.10 Å². The Labute approximate surface area is 143 Å². The molecule has 1 aliphatic heterocycles. The Morgan fingerprint density at radius 3 is 2.42 bits per heavy atom. The number of hydrogen-bond donors (Lipinski definition) is 5. The SMILES string of the molecule is CC(C)C[C@H](N)B(O)O.O=C(O)[C@@H]1C[C@@H](Oc2ccccc2)CN1. The van der Waals surface area contributed by atoms with Crippen LogP contribution in [-0.4, -0.2) is 52.9 Å². The second-order valence-corrected chi connectivity index (χ2v) is 6.29.